The molecule has 0 bridgehead atoms. The lowest BCUT2D eigenvalue weighted by Crippen LogP contribution is -2.52. The van der Waals surface area contributed by atoms with Crippen LogP contribution < -0.4 is 10.1 Å². The van der Waals surface area contributed by atoms with Crippen molar-refractivity contribution < 1.29 is 9.53 Å². The maximum atomic E-state index is 11.1. The molecule has 2 unspecified atom stereocenters. The van der Waals surface area contributed by atoms with Crippen LogP contribution in [-0.4, -0.2) is 17.9 Å². The fourth-order valence-corrected chi connectivity index (χ4v) is 2.17. The number of anilines is 1. The van der Waals surface area contributed by atoms with Crippen molar-refractivity contribution in [2.75, 3.05) is 5.32 Å². The third-order valence-corrected chi connectivity index (χ3v) is 3.58. The highest BCUT2D eigenvalue weighted by Gasteiger charge is 2.39. The molecular formula is C12H14BrNO2. The van der Waals surface area contributed by atoms with Gasteiger partial charge in [-0.15, -0.1) is 0 Å². The normalized spacial score (nSPS) is 27.6. The van der Waals surface area contributed by atoms with Gasteiger partial charge in [0.1, 0.15) is 23.7 Å². The molecule has 16 heavy (non-hydrogen) atoms. The smallest absolute Gasteiger partial charge is 0.146 e. The maximum absolute atomic E-state index is 11.1. The lowest BCUT2D eigenvalue weighted by molar-refractivity contribution is -0.112. The molecule has 1 aliphatic heterocycles. The van der Waals surface area contributed by atoms with E-state index < -0.39 is 5.60 Å². The van der Waals surface area contributed by atoms with E-state index in [4.69, 9.17) is 4.74 Å². The monoisotopic (exact) mass is 283 g/mol. The SMILES string of the molecule is CCC1(C)Oc2ccc(Br)cc2NC1C=O. The Kier molecular flexibility index (Phi) is 2.93. The highest BCUT2D eigenvalue weighted by atomic mass is 79.9. The molecule has 1 aliphatic rings. The van der Waals surface area contributed by atoms with E-state index in [0.717, 1.165) is 28.6 Å². The third-order valence-electron chi connectivity index (χ3n) is 3.09. The third kappa shape index (κ3) is 1.82. The number of rotatable bonds is 2. The summed E-state index contributed by atoms with van der Waals surface area (Å²) in [7, 11) is 0. The average Bonchev–Trinajstić information content (AvgIpc) is 2.29. The molecule has 86 valence electrons. The van der Waals surface area contributed by atoms with Gasteiger partial charge in [0.15, 0.2) is 0 Å². The summed E-state index contributed by atoms with van der Waals surface area (Å²) in [4.78, 5) is 11.1. The minimum Gasteiger partial charge on any atom is -0.483 e. The number of carbonyl (C=O) groups excluding carboxylic acids is 1. The van der Waals surface area contributed by atoms with E-state index in [-0.39, 0.29) is 6.04 Å². The standard InChI is InChI=1S/C12H14BrNO2/c1-3-12(2)11(7-15)14-9-6-8(13)4-5-10(9)16-12/h4-7,11,14H,3H2,1-2H3. The Bertz CT molecular complexity index is 421. The topological polar surface area (TPSA) is 38.3 Å². The molecule has 0 saturated carbocycles. The molecule has 0 aromatic heterocycles. The number of fused-ring (bicyclic) bond motifs is 1. The second kappa shape index (κ2) is 4.09. The summed E-state index contributed by atoms with van der Waals surface area (Å²) in [6.07, 6.45) is 1.69. The van der Waals surface area contributed by atoms with Crippen LogP contribution in [-0.2, 0) is 4.79 Å². The van der Waals surface area contributed by atoms with Crippen molar-refractivity contribution in [3.8, 4) is 5.75 Å². The average molecular weight is 284 g/mol. The number of hydrogen-bond donors (Lipinski definition) is 1. The van der Waals surface area contributed by atoms with Gasteiger partial charge in [-0.2, -0.15) is 0 Å². The molecule has 1 N–H and O–H groups in total. The second-order valence-corrected chi connectivity index (χ2v) is 5.08. The van der Waals surface area contributed by atoms with Crippen molar-refractivity contribution in [2.45, 2.75) is 31.9 Å². The van der Waals surface area contributed by atoms with Crippen LogP contribution in [0.5, 0.6) is 5.75 Å². The van der Waals surface area contributed by atoms with Crippen molar-refractivity contribution >= 4 is 27.9 Å². The maximum Gasteiger partial charge on any atom is 0.146 e. The quantitative estimate of drug-likeness (QED) is 0.848. The van der Waals surface area contributed by atoms with Crippen molar-refractivity contribution in [3.05, 3.63) is 22.7 Å². The van der Waals surface area contributed by atoms with Gasteiger partial charge in [0.05, 0.1) is 5.69 Å². The van der Waals surface area contributed by atoms with E-state index in [1.807, 2.05) is 32.0 Å². The summed E-state index contributed by atoms with van der Waals surface area (Å²) in [5.41, 5.74) is 0.389. The van der Waals surface area contributed by atoms with Crippen molar-refractivity contribution in [1.29, 1.82) is 0 Å². The lowest BCUT2D eigenvalue weighted by Gasteiger charge is -2.40. The molecule has 0 saturated heterocycles. The first-order valence-electron chi connectivity index (χ1n) is 5.29. The van der Waals surface area contributed by atoms with Crippen LogP contribution in [0.4, 0.5) is 5.69 Å². The minimum atomic E-state index is -0.470. The number of hydrogen-bond acceptors (Lipinski definition) is 3. The molecule has 0 aliphatic carbocycles. The van der Waals surface area contributed by atoms with Crippen LogP contribution in [0.3, 0.4) is 0 Å². The predicted molar refractivity (Wildman–Crippen MR) is 66.9 cm³/mol. The van der Waals surface area contributed by atoms with Gasteiger partial charge in [0, 0.05) is 4.47 Å². The highest BCUT2D eigenvalue weighted by Crippen LogP contribution is 2.38. The first kappa shape index (κ1) is 11.5. The molecule has 2 atom stereocenters. The molecule has 4 heteroatoms. The van der Waals surface area contributed by atoms with E-state index >= 15 is 0 Å². The molecule has 0 fully saturated rings. The van der Waals surface area contributed by atoms with Gasteiger partial charge in [-0.25, -0.2) is 0 Å². The molecule has 1 aromatic carbocycles. The van der Waals surface area contributed by atoms with E-state index in [1.165, 1.54) is 0 Å². The molecular weight excluding hydrogens is 270 g/mol. The van der Waals surface area contributed by atoms with Gasteiger partial charge in [-0.1, -0.05) is 22.9 Å². The highest BCUT2D eigenvalue weighted by molar-refractivity contribution is 9.10. The van der Waals surface area contributed by atoms with Gasteiger partial charge in [-0.3, -0.25) is 0 Å². The first-order valence-corrected chi connectivity index (χ1v) is 6.09. The van der Waals surface area contributed by atoms with Crippen LogP contribution in [0.25, 0.3) is 0 Å². The molecule has 2 rings (SSSR count). The Hall–Kier alpha value is -1.03. The zero-order valence-electron chi connectivity index (χ0n) is 9.29. The van der Waals surface area contributed by atoms with Crippen LogP contribution in [0.2, 0.25) is 0 Å². The Morgan fingerprint density at radius 3 is 3.00 bits per heavy atom. The summed E-state index contributed by atoms with van der Waals surface area (Å²) in [6, 6.07) is 5.44. The number of aldehydes is 1. The zero-order chi connectivity index (χ0) is 11.8. The van der Waals surface area contributed by atoms with Crippen LogP contribution in [0, 0.1) is 0 Å². The summed E-state index contributed by atoms with van der Waals surface area (Å²) < 4.78 is 6.88. The Balaban J connectivity index is 2.41. The number of carbonyl (C=O) groups is 1. The van der Waals surface area contributed by atoms with Crippen LogP contribution in [0.1, 0.15) is 20.3 Å². The van der Waals surface area contributed by atoms with Gasteiger partial charge >= 0.3 is 0 Å². The predicted octanol–water partition coefficient (Wildman–Crippen LogP) is 2.99. The van der Waals surface area contributed by atoms with Crippen LogP contribution >= 0.6 is 15.9 Å². The van der Waals surface area contributed by atoms with E-state index in [2.05, 4.69) is 21.2 Å². The fraction of sp³-hybridized carbons (Fsp3) is 0.417. The summed E-state index contributed by atoms with van der Waals surface area (Å²) in [5, 5.41) is 3.21. The Morgan fingerprint density at radius 2 is 2.38 bits per heavy atom. The largest absolute Gasteiger partial charge is 0.483 e. The lowest BCUT2D eigenvalue weighted by atomic mass is 9.92. The van der Waals surface area contributed by atoms with Crippen molar-refractivity contribution in [2.24, 2.45) is 0 Å². The van der Waals surface area contributed by atoms with E-state index in [0.29, 0.717) is 0 Å². The molecule has 0 radical (unpaired) electrons. The molecule has 1 aromatic rings. The van der Waals surface area contributed by atoms with Crippen LogP contribution in [0.15, 0.2) is 22.7 Å². The van der Waals surface area contributed by atoms with E-state index in [9.17, 15) is 4.79 Å². The van der Waals surface area contributed by atoms with Crippen molar-refractivity contribution in [3.63, 3.8) is 0 Å². The number of ether oxygens (including phenoxy) is 1. The van der Waals surface area contributed by atoms with Gasteiger partial charge < -0.3 is 14.8 Å². The number of nitrogens with one attached hydrogen (secondary N) is 1. The minimum absolute atomic E-state index is 0.306. The van der Waals surface area contributed by atoms with Gasteiger partial charge in [0.2, 0.25) is 0 Å². The Labute approximate surface area is 103 Å². The number of benzene rings is 1. The first-order chi connectivity index (χ1) is 7.59. The fourth-order valence-electron chi connectivity index (χ4n) is 1.81. The molecule has 3 nitrogen and oxygen atoms in total. The molecule has 1 heterocycles. The van der Waals surface area contributed by atoms with E-state index in [1.54, 1.807) is 0 Å². The van der Waals surface area contributed by atoms with Crippen molar-refractivity contribution in [1.82, 2.24) is 0 Å². The Morgan fingerprint density at radius 1 is 1.62 bits per heavy atom. The summed E-state index contributed by atoms with van der Waals surface area (Å²) >= 11 is 3.39. The summed E-state index contributed by atoms with van der Waals surface area (Å²) in [5.74, 6) is 0.797. The zero-order valence-corrected chi connectivity index (χ0v) is 10.9. The number of halogens is 1. The van der Waals surface area contributed by atoms with Gasteiger partial charge in [0.25, 0.3) is 0 Å². The summed E-state index contributed by atoms with van der Waals surface area (Å²) in [6.45, 7) is 3.96. The van der Waals surface area contributed by atoms with Gasteiger partial charge in [-0.05, 0) is 31.5 Å². The molecule has 0 amide bonds. The second-order valence-electron chi connectivity index (χ2n) is 4.17. The molecule has 0 spiro atoms.